The smallest absolute Gasteiger partial charge is 0.240 e. The van der Waals surface area contributed by atoms with E-state index in [2.05, 4.69) is 19.8 Å². The van der Waals surface area contributed by atoms with Gasteiger partial charge in [-0.25, -0.2) is 12.9 Å². The van der Waals surface area contributed by atoms with Crippen molar-refractivity contribution < 1.29 is 8.42 Å². The number of aromatic nitrogens is 4. The SMILES string of the molecule is Nc1nc2ccc(-c3cncc(NS(=O)(=O)Cc4ccc(Cl)cc4)c3)cn2n1. The van der Waals surface area contributed by atoms with Gasteiger partial charge in [0.1, 0.15) is 0 Å². The Morgan fingerprint density at radius 1 is 1.07 bits per heavy atom. The summed E-state index contributed by atoms with van der Waals surface area (Å²) in [4.78, 5) is 8.21. The molecule has 0 saturated carbocycles. The van der Waals surface area contributed by atoms with Gasteiger partial charge < -0.3 is 5.73 Å². The van der Waals surface area contributed by atoms with E-state index in [1.54, 1.807) is 53.3 Å². The molecule has 0 saturated heterocycles. The number of nitrogens with one attached hydrogen (secondary N) is 1. The van der Waals surface area contributed by atoms with Crippen molar-refractivity contribution in [3.05, 3.63) is 71.6 Å². The van der Waals surface area contributed by atoms with Gasteiger partial charge in [-0.2, -0.15) is 4.98 Å². The zero-order valence-corrected chi connectivity index (χ0v) is 16.0. The Hall–Kier alpha value is -3.17. The fraction of sp³-hybridized carbons (Fsp3) is 0.0556. The van der Waals surface area contributed by atoms with Crippen LogP contribution < -0.4 is 10.5 Å². The van der Waals surface area contributed by atoms with Gasteiger partial charge in [-0.15, -0.1) is 5.10 Å². The van der Waals surface area contributed by atoms with Crippen LogP contribution in [0.1, 0.15) is 5.56 Å². The van der Waals surface area contributed by atoms with Crippen LogP contribution in [-0.4, -0.2) is 28.0 Å². The Balaban J connectivity index is 1.58. The highest BCUT2D eigenvalue weighted by molar-refractivity contribution is 7.91. The summed E-state index contributed by atoms with van der Waals surface area (Å²) in [5, 5.41) is 4.63. The Kier molecular flexibility index (Phi) is 4.62. The van der Waals surface area contributed by atoms with E-state index in [4.69, 9.17) is 17.3 Å². The lowest BCUT2D eigenvalue weighted by molar-refractivity contribution is 0.600. The molecule has 10 heteroatoms. The van der Waals surface area contributed by atoms with E-state index in [-0.39, 0.29) is 11.7 Å². The Morgan fingerprint density at radius 2 is 1.86 bits per heavy atom. The molecule has 0 atom stereocenters. The Morgan fingerprint density at radius 3 is 2.64 bits per heavy atom. The van der Waals surface area contributed by atoms with Crippen molar-refractivity contribution in [1.29, 1.82) is 0 Å². The normalized spacial score (nSPS) is 11.6. The first-order chi connectivity index (χ1) is 13.4. The predicted molar refractivity (Wildman–Crippen MR) is 108 cm³/mol. The lowest BCUT2D eigenvalue weighted by Gasteiger charge is -2.09. The van der Waals surface area contributed by atoms with Crippen LogP contribution in [0.5, 0.6) is 0 Å². The van der Waals surface area contributed by atoms with Crippen molar-refractivity contribution in [3.63, 3.8) is 0 Å². The highest BCUT2D eigenvalue weighted by atomic mass is 35.5. The maximum atomic E-state index is 12.5. The van der Waals surface area contributed by atoms with Gasteiger partial charge in [0.2, 0.25) is 16.0 Å². The average molecular weight is 415 g/mol. The van der Waals surface area contributed by atoms with Gasteiger partial charge in [-0.3, -0.25) is 9.71 Å². The third kappa shape index (κ3) is 4.05. The van der Waals surface area contributed by atoms with Crippen molar-refractivity contribution >= 4 is 38.9 Å². The molecule has 1 aromatic carbocycles. The average Bonchev–Trinajstić information content (AvgIpc) is 3.02. The molecule has 0 amide bonds. The van der Waals surface area contributed by atoms with Crippen molar-refractivity contribution in [2.24, 2.45) is 0 Å². The molecule has 0 spiro atoms. The highest BCUT2D eigenvalue weighted by Gasteiger charge is 2.13. The zero-order valence-electron chi connectivity index (χ0n) is 14.4. The minimum Gasteiger partial charge on any atom is -0.366 e. The van der Waals surface area contributed by atoms with Gasteiger partial charge in [0.25, 0.3) is 0 Å². The maximum Gasteiger partial charge on any atom is 0.240 e. The minimum absolute atomic E-state index is 0.168. The summed E-state index contributed by atoms with van der Waals surface area (Å²) in [5.41, 5.74) is 8.74. The number of sulfonamides is 1. The third-order valence-corrected chi connectivity index (χ3v) is 5.47. The molecule has 4 aromatic rings. The Labute approximate surface area is 166 Å². The van der Waals surface area contributed by atoms with Crippen LogP contribution in [0.4, 0.5) is 11.6 Å². The van der Waals surface area contributed by atoms with Crippen LogP contribution in [0.15, 0.2) is 61.1 Å². The van der Waals surface area contributed by atoms with Crippen LogP contribution in [0.25, 0.3) is 16.8 Å². The van der Waals surface area contributed by atoms with Gasteiger partial charge >= 0.3 is 0 Å². The lowest BCUT2D eigenvalue weighted by atomic mass is 10.1. The fourth-order valence-corrected chi connectivity index (χ4v) is 4.04. The number of nitrogen functional groups attached to an aromatic ring is 1. The predicted octanol–water partition coefficient (Wildman–Crippen LogP) is 2.97. The number of rotatable bonds is 5. The quantitative estimate of drug-likeness (QED) is 0.518. The summed E-state index contributed by atoms with van der Waals surface area (Å²) in [7, 11) is -3.61. The summed E-state index contributed by atoms with van der Waals surface area (Å²) < 4.78 is 29.1. The second kappa shape index (κ2) is 7.10. The number of hydrogen-bond donors (Lipinski definition) is 2. The van der Waals surface area contributed by atoms with E-state index in [9.17, 15) is 8.42 Å². The van der Waals surface area contributed by atoms with Gasteiger partial charge in [0, 0.05) is 28.5 Å². The molecule has 0 aliphatic heterocycles. The standard InChI is InChI=1S/C18H15ClN6O2S/c19-15-4-1-12(2-5-15)11-28(26,27)24-16-7-14(8-21-9-16)13-3-6-17-22-18(20)23-25(17)10-13/h1-10,24H,11H2,(H2,20,23). The topological polar surface area (TPSA) is 115 Å². The number of fused-ring (bicyclic) bond motifs is 1. The first kappa shape index (κ1) is 18.2. The lowest BCUT2D eigenvalue weighted by Crippen LogP contribution is -2.15. The largest absolute Gasteiger partial charge is 0.366 e. The molecular formula is C18H15ClN6O2S. The van der Waals surface area contributed by atoms with E-state index in [1.807, 2.05) is 6.07 Å². The van der Waals surface area contributed by atoms with Crippen molar-refractivity contribution in [2.45, 2.75) is 5.75 Å². The fourth-order valence-electron chi connectivity index (χ4n) is 2.74. The maximum absolute atomic E-state index is 12.5. The number of pyridine rings is 2. The molecule has 3 heterocycles. The number of benzene rings is 1. The van der Waals surface area contributed by atoms with Gasteiger partial charge in [0.05, 0.1) is 17.6 Å². The first-order valence-corrected chi connectivity index (χ1v) is 10.2. The van der Waals surface area contributed by atoms with E-state index >= 15 is 0 Å². The summed E-state index contributed by atoms with van der Waals surface area (Å²) >= 11 is 5.84. The summed E-state index contributed by atoms with van der Waals surface area (Å²) in [6.45, 7) is 0. The molecule has 0 unspecified atom stereocenters. The van der Waals surface area contributed by atoms with E-state index < -0.39 is 10.0 Å². The highest BCUT2D eigenvalue weighted by Crippen LogP contribution is 2.23. The summed E-state index contributed by atoms with van der Waals surface area (Å²) in [6.07, 6.45) is 4.84. The van der Waals surface area contributed by atoms with Gasteiger partial charge in [0.15, 0.2) is 5.65 Å². The molecule has 0 radical (unpaired) electrons. The van der Waals surface area contributed by atoms with Gasteiger partial charge in [-0.05, 0) is 35.9 Å². The van der Waals surface area contributed by atoms with Crippen LogP contribution >= 0.6 is 11.6 Å². The van der Waals surface area contributed by atoms with Crippen LogP contribution in [0, 0.1) is 0 Å². The first-order valence-electron chi connectivity index (χ1n) is 8.20. The van der Waals surface area contributed by atoms with Gasteiger partial charge in [-0.1, -0.05) is 23.7 Å². The molecule has 0 bridgehead atoms. The summed E-state index contributed by atoms with van der Waals surface area (Å²) in [6, 6.07) is 12.0. The second-order valence-corrected chi connectivity index (χ2v) is 8.30. The number of anilines is 2. The number of nitrogens with two attached hydrogens (primary N) is 1. The second-order valence-electron chi connectivity index (χ2n) is 6.14. The number of hydrogen-bond acceptors (Lipinski definition) is 6. The third-order valence-electron chi connectivity index (χ3n) is 3.96. The molecule has 8 nitrogen and oxygen atoms in total. The molecular weight excluding hydrogens is 400 g/mol. The van der Waals surface area contributed by atoms with E-state index in [0.29, 0.717) is 21.9 Å². The molecule has 0 aliphatic carbocycles. The molecule has 0 fully saturated rings. The monoisotopic (exact) mass is 414 g/mol. The van der Waals surface area contributed by atoms with Crippen molar-refractivity contribution in [2.75, 3.05) is 10.5 Å². The molecule has 142 valence electrons. The van der Waals surface area contributed by atoms with Crippen LogP contribution in [-0.2, 0) is 15.8 Å². The Bertz CT molecular complexity index is 1250. The molecule has 4 rings (SSSR count). The van der Waals surface area contributed by atoms with Crippen molar-refractivity contribution in [1.82, 2.24) is 19.6 Å². The number of halogens is 1. The van der Waals surface area contributed by atoms with E-state index in [1.165, 1.54) is 6.20 Å². The molecule has 28 heavy (non-hydrogen) atoms. The van der Waals surface area contributed by atoms with Crippen LogP contribution in [0.2, 0.25) is 5.02 Å². The van der Waals surface area contributed by atoms with Crippen LogP contribution in [0.3, 0.4) is 0 Å². The summed E-state index contributed by atoms with van der Waals surface area (Å²) in [5.74, 6) is 0.0115. The minimum atomic E-state index is -3.61. The molecule has 0 aliphatic rings. The van der Waals surface area contributed by atoms with E-state index in [0.717, 1.165) is 11.1 Å². The molecule has 3 aromatic heterocycles. The molecule has 3 N–H and O–H groups in total. The number of nitrogens with zero attached hydrogens (tertiary/aromatic N) is 4. The zero-order chi connectivity index (χ0) is 19.7. The van der Waals surface area contributed by atoms with Crippen molar-refractivity contribution in [3.8, 4) is 11.1 Å².